The van der Waals surface area contributed by atoms with Crippen molar-refractivity contribution in [2.24, 2.45) is 0 Å². The maximum Gasteiger partial charge on any atom is 0.416 e. The Kier molecular flexibility index (Phi) is 4.99. The van der Waals surface area contributed by atoms with Crippen LogP contribution >= 0.6 is 0 Å². The summed E-state index contributed by atoms with van der Waals surface area (Å²) in [7, 11) is 0. The maximum atomic E-state index is 13.2. The zero-order valence-electron chi connectivity index (χ0n) is 16.9. The number of hydrogen-bond donors (Lipinski definition) is 2. The average molecular weight is 449 g/mol. The zero-order valence-corrected chi connectivity index (χ0v) is 16.9. The van der Waals surface area contributed by atoms with Gasteiger partial charge in [0.1, 0.15) is 11.6 Å². The second kappa shape index (κ2) is 7.43. The first-order valence-corrected chi connectivity index (χ1v) is 9.55. The Morgan fingerprint density at radius 3 is 2.59 bits per heavy atom. The number of halogens is 3. The first kappa shape index (κ1) is 21.5. The third-order valence-electron chi connectivity index (χ3n) is 5.40. The fourth-order valence-electron chi connectivity index (χ4n) is 3.55. The molecule has 1 fully saturated rings. The fourth-order valence-corrected chi connectivity index (χ4v) is 3.55. The molecule has 32 heavy (non-hydrogen) atoms. The van der Waals surface area contributed by atoms with Crippen LogP contribution < -0.4 is 20.1 Å². The molecule has 2 heterocycles. The highest BCUT2D eigenvalue weighted by atomic mass is 19.4. The number of nitrogens with zero attached hydrogens (tertiary/aromatic N) is 1. The molecule has 0 unspecified atom stereocenters. The van der Waals surface area contributed by atoms with E-state index in [1.54, 1.807) is 18.2 Å². The number of anilines is 1. The Hall–Kier alpha value is -3.76. The number of benzene rings is 2. The van der Waals surface area contributed by atoms with Crippen LogP contribution in [0.1, 0.15) is 25.0 Å². The van der Waals surface area contributed by atoms with Gasteiger partial charge in [-0.2, -0.15) is 13.2 Å². The minimum atomic E-state index is -4.58. The number of nitrogens with one attached hydrogen (secondary N) is 2. The summed E-state index contributed by atoms with van der Waals surface area (Å²) in [6.45, 7) is 2.84. The lowest BCUT2D eigenvalue weighted by molar-refractivity contribution is -0.137. The summed E-state index contributed by atoms with van der Waals surface area (Å²) < 4.78 is 49.3. The number of hydrogen-bond acceptors (Lipinski definition) is 5. The van der Waals surface area contributed by atoms with Crippen molar-refractivity contribution in [3.63, 3.8) is 0 Å². The van der Waals surface area contributed by atoms with Crippen LogP contribution in [0.5, 0.6) is 11.5 Å². The third kappa shape index (κ3) is 3.59. The maximum absolute atomic E-state index is 13.2. The van der Waals surface area contributed by atoms with Gasteiger partial charge in [-0.3, -0.25) is 9.59 Å². The van der Waals surface area contributed by atoms with Gasteiger partial charge >= 0.3 is 12.2 Å². The zero-order chi connectivity index (χ0) is 23.3. The predicted octanol–water partition coefficient (Wildman–Crippen LogP) is 3.23. The van der Waals surface area contributed by atoms with Gasteiger partial charge in [-0.1, -0.05) is 12.1 Å². The molecule has 2 atom stereocenters. The van der Waals surface area contributed by atoms with E-state index in [1.165, 1.54) is 19.9 Å². The fraction of sp³-hybridized carbons (Fsp3) is 0.286. The standard InChI is InChI=1S/C21H18F3N3O5/c1-11(17(28)25-14-5-3-4-13(8-14)21(22,23)24)27-18(29)20(2,26-19(27)30)12-6-7-15-16(9-12)32-10-31-15/h3-9,11H,10H2,1-2H3,(H,25,28)(H,26,30)/t11-,20+/m1/s1. The van der Waals surface area contributed by atoms with Crippen molar-refractivity contribution in [2.75, 3.05) is 12.1 Å². The molecule has 0 saturated carbocycles. The van der Waals surface area contributed by atoms with Crippen molar-refractivity contribution >= 4 is 23.5 Å². The summed E-state index contributed by atoms with van der Waals surface area (Å²) in [5.41, 5.74) is -2.09. The summed E-state index contributed by atoms with van der Waals surface area (Å²) in [5.74, 6) is -0.588. The molecule has 0 spiro atoms. The molecule has 2 aliphatic heterocycles. The van der Waals surface area contributed by atoms with Gasteiger partial charge in [-0.25, -0.2) is 9.69 Å². The van der Waals surface area contributed by atoms with Gasteiger partial charge in [0.25, 0.3) is 5.91 Å². The quantitative estimate of drug-likeness (QED) is 0.699. The van der Waals surface area contributed by atoms with Gasteiger partial charge in [-0.05, 0) is 49.7 Å². The summed E-state index contributed by atoms with van der Waals surface area (Å²) in [6, 6.07) is 6.75. The molecule has 8 nitrogen and oxygen atoms in total. The molecule has 4 rings (SSSR count). The first-order chi connectivity index (χ1) is 15.0. The van der Waals surface area contributed by atoms with E-state index in [-0.39, 0.29) is 12.5 Å². The lowest BCUT2D eigenvalue weighted by Crippen LogP contribution is -2.47. The van der Waals surface area contributed by atoms with E-state index in [2.05, 4.69) is 10.6 Å². The lowest BCUT2D eigenvalue weighted by Gasteiger charge is -2.24. The van der Waals surface area contributed by atoms with Crippen molar-refractivity contribution in [2.45, 2.75) is 31.6 Å². The van der Waals surface area contributed by atoms with E-state index < -0.39 is 41.2 Å². The topological polar surface area (TPSA) is 97.0 Å². The van der Waals surface area contributed by atoms with E-state index >= 15 is 0 Å². The van der Waals surface area contributed by atoms with Gasteiger partial charge in [0.15, 0.2) is 11.5 Å². The molecular formula is C21H18F3N3O5. The van der Waals surface area contributed by atoms with Gasteiger partial charge in [0.2, 0.25) is 12.7 Å². The minimum absolute atomic E-state index is 0.0364. The number of fused-ring (bicyclic) bond motifs is 1. The van der Waals surface area contributed by atoms with Crippen LogP contribution in [0, 0.1) is 0 Å². The van der Waals surface area contributed by atoms with Crippen LogP contribution in [-0.4, -0.2) is 35.6 Å². The monoisotopic (exact) mass is 449 g/mol. The van der Waals surface area contributed by atoms with Crippen molar-refractivity contribution in [3.05, 3.63) is 53.6 Å². The molecular weight excluding hydrogens is 431 g/mol. The van der Waals surface area contributed by atoms with E-state index in [0.717, 1.165) is 23.1 Å². The highest BCUT2D eigenvalue weighted by Gasteiger charge is 2.52. The summed E-state index contributed by atoms with van der Waals surface area (Å²) in [4.78, 5) is 39.2. The van der Waals surface area contributed by atoms with Crippen molar-refractivity contribution in [1.82, 2.24) is 10.2 Å². The molecule has 2 aliphatic rings. The molecule has 0 radical (unpaired) electrons. The van der Waals surface area contributed by atoms with Crippen molar-refractivity contribution in [3.8, 4) is 11.5 Å². The average Bonchev–Trinajstić information content (AvgIpc) is 3.29. The number of amides is 4. The molecule has 2 N–H and O–H groups in total. The van der Waals surface area contributed by atoms with Crippen molar-refractivity contribution < 1.29 is 37.0 Å². The molecule has 11 heteroatoms. The number of carbonyl (C=O) groups excluding carboxylic acids is 3. The first-order valence-electron chi connectivity index (χ1n) is 9.55. The number of ether oxygens (including phenoxy) is 2. The summed E-state index contributed by atoms with van der Waals surface area (Å²) in [5, 5.41) is 4.90. The van der Waals surface area contributed by atoms with Crippen LogP contribution in [0.4, 0.5) is 23.7 Å². The number of carbonyl (C=O) groups is 3. The summed E-state index contributed by atoms with van der Waals surface area (Å²) >= 11 is 0. The van der Waals surface area contributed by atoms with Crippen LogP contribution in [0.2, 0.25) is 0 Å². The minimum Gasteiger partial charge on any atom is -0.454 e. The highest BCUT2D eigenvalue weighted by molar-refractivity contribution is 6.11. The molecule has 1 saturated heterocycles. The Balaban J connectivity index is 1.54. The molecule has 2 aromatic carbocycles. The Labute approximate surface area is 180 Å². The molecule has 168 valence electrons. The Morgan fingerprint density at radius 2 is 1.88 bits per heavy atom. The lowest BCUT2D eigenvalue weighted by atomic mass is 9.91. The number of imide groups is 1. The van der Waals surface area contributed by atoms with E-state index in [0.29, 0.717) is 17.1 Å². The molecule has 2 aromatic rings. The van der Waals surface area contributed by atoms with Crippen LogP contribution in [0.15, 0.2) is 42.5 Å². The number of rotatable bonds is 4. The number of alkyl halides is 3. The van der Waals surface area contributed by atoms with E-state index in [1.807, 2.05) is 0 Å². The van der Waals surface area contributed by atoms with Gasteiger partial charge in [0.05, 0.1) is 5.56 Å². The van der Waals surface area contributed by atoms with E-state index in [4.69, 9.17) is 9.47 Å². The van der Waals surface area contributed by atoms with Crippen molar-refractivity contribution in [1.29, 1.82) is 0 Å². The Morgan fingerprint density at radius 1 is 1.16 bits per heavy atom. The van der Waals surface area contributed by atoms with E-state index in [9.17, 15) is 27.6 Å². The highest BCUT2D eigenvalue weighted by Crippen LogP contribution is 2.38. The largest absolute Gasteiger partial charge is 0.454 e. The summed E-state index contributed by atoms with van der Waals surface area (Å²) in [6.07, 6.45) is -4.58. The molecule has 0 aromatic heterocycles. The normalized spacial score (nSPS) is 20.8. The van der Waals surface area contributed by atoms with Gasteiger partial charge in [-0.15, -0.1) is 0 Å². The molecule has 0 aliphatic carbocycles. The smallest absolute Gasteiger partial charge is 0.416 e. The van der Waals surface area contributed by atoms with Crippen LogP contribution in [0.3, 0.4) is 0 Å². The van der Waals surface area contributed by atoms with Gasteiger partial charge in [0, 0.05) is 5.69 Å². The Bertz CT molecular complexity index is 1120. The second-order valence-corrected chi connectivity index (χ2v) is 7.54. The number of urea groups is 1. The third-order valence-corrected chi connectivity index (χ3v) is 5.40. The molecule has 4 amide bonds. The predicted molar refractivity (Wildman–Crippen MR) is 105 cm³/mol. The SMILES string of the molecule is C[C@H](C(=O)Nc1cccc(C(F)(F)F)c1)N1C(=O)N[C@@](C)(c2ccc3c(c2)OCO3)C1=O. The van der Waals surface area contributed by atoms with Crippen LogP contribution in [0.25, 0.3) is 0 Å². The second-order valence-electron chi connectivity index (χ2n) is 7.54. The van der Waals surface area contributed by atoms with Crippen LogP contribution in [-0.2, 0) is 21.3 Å². The van der Waals surface area contributed by atoms with Gasteiger partial charge < -0.3 is 20.1 Å². The molecule has 0 bridgehead atoms.